The van der Waals surface area contributed by atoms with Crippen molar-refractivity contribution in [2.24, 2.45) is 7.05 Å². The molecule has 28 heavy (non-hydrogen) atoms. The van der Waals surface area contributed by atoms with Crippen LogP contribution in [0.1, 0.15) is 40.8 Å². The van der Waals surface area contributed by atoms with E-state index in [0.717, 1.165) is 23.1 Å². The lowest BCUT2D eigenvalue weighted by molar-refractivity contribution is -0.113. The molecule has 1 heterocycles. The van der Waals surface area contributed by atoms with Crippen LogP contribution in [0.15, 0.2) is 53.7 Å². The van der Waals surface area contributed by atoms with Gasteiger partial charge < -0.3 is 9.88 Å². The lowest BCUT2D eigenvalue weighted by atomic mass is 10.1. The summed E-state index contributed by atoms with van der Waals surface area (Å²) < 4.78 is 2.03. The number of hydrogen-bond acceptors (Lipinski definition) is 4. The Morgan fingerprint density at radius 1 is 1.11 bits per heavy atom. The van der Waals surface area contributed by atoms with Crippen molar-refractivity contribution in [2.75, 3.05) is 11.1 Å². The Morgan fingerprint density at radius 3 is 2.64 bits per heavy atom. The molecule has 2 unspecified atom stereocenters. The summed E-state index contributed by atoms with van der Waals surface area (Å²) in [4.78, 5) is 12.3. The first kappa shape index (κ1) is 18.7. The minimum absolute atomic E-state index is 0.0358. The molecule has 2 aromatic carbocycles. The van der Waals surface area contributed by atoms with Crippen molar-refractivity contribution in [3.63, 3.8) is 0 Å². The number of anilines is 1. The van der Waals surface area contributed by atoms with Crippen LogP contribution in [0.3, 0.4) is 0 Å². The molecular weight excluding hydrogens is 368 g/mol. The fourth-order valence-electron chi connectivity index (χ4n) is 3.47. The summed E-state index contributed by atoms with van der Waals surface area (Å²) >= 11 is 1.42. The molecule has 0 aliphatic heterocycles. The van der Waals surface area contributed by atoms with Crippen LogP contribution >= 0.6 is 11.8 Å². The molecule has 3 aromatic rings. The van der Waals surface area contributed by atoms with E-state index in [1.54, 1.807) is 0 Å². The van der Waals surface area contributed by atoms with E-state index in [1.807, 2.05) is 42.8 Å². The SMILES string of the molecule is Cc1ccc(NC(=O)CSc2nnc(C3CC3c3ccccc3)n2C)cc1C. The largest absolute Gasteiger partial charge is 0.325 e. The second-order valence-corrected chi connectivity index (χ2v) is 8.34. The number of amides is 1. The van der Waals surface area contributed by atoms with Gasteiger partial charge in [0.1, 0.15) is 5.82 Å². The van der Waals surface area contributed by atoms with Crippen LogP contribution in [-0.4, -0.2) is 26.4 Å². The Hall–Kier alpha value is -2.60. The van der Waals surface area contributed by atoms with E-state index >= 15 is 0 Å². The zero-order valence-electron chi connectivity index (χ0n) is 16.3. The predicted octanol–water partition coefficient (Wildman–Crippen LogP) is 4.43. The van der Waals surface area contributed by atoms with Gasteiger partial charge in [-0.1, -0.05) is 48.2 Å². The predicted molar refractivity (Wildman–Crippen MR) is 113 cm³/mol. The molecule has 1 saturated carbocycles. The zero-order valence-corrected chi connectivity index (χ0v) is 17.2. The fraction of sp³-hybridized carbons (Fsp3) is 0.318. The topological polar surface area (TPSA) is 59.8 Å². The van der Waals surface area contributed by atoms with Gasteiger partial charge in [-0.15, -0.1) is 10.2 Å². The summed E-state index contributed by atoms with van der Waals surface area (Å²) in [5, 5.41) is 12.4. The van der Waals surface area contributed by atoms with Gasteiger partial charge >= 0.3 is 0 Å². The van der Waals surface area contributed by atoms with E-state index in [0.29, 0.717) is 17.6 Å². The number of nitrogens with one attached hydrogen (secondary N) is 1. The standard InChI is InChI=1S/C22H24N4OS/c1-14-9-10-17(11-15(14)2)23-20(27)13-28-22-25-24-21(26(22)3)19-12-18(19)16-7-5-4-6-8-16/h4-11,18-19H,12-13H2,1-3H3,(H,23,27). The highest BCUT2D eigenvalue weighted by Gasteiger charge is 2.42. The molecule has 144 valence electrons. The molecule has 1 N–H and O–H groups in total. The minimum atomic E-state index is -0.0358. The Kier molecular flexibility index (Phi) is 5.22. The smallest absolute Gasteiger partial charge is 0.234 e. The van der Waals surface area contributed by atoms with E-state index < -0.39 is 0 Å². The van der Waals surface area contributed by atoms with Gasteiger partial charge in [0.15, 0.2) is 5.16 Å². The van der Waals surface area contributed by atoms with Gasteiger partial charge in [-0.05, 0) is 55.0 Å². The molecule has 6 heteroatoms. The maximum absolute atomic E-state index is 12.3. The Bertz CT molecular complexity index is 999. The number of aryl methyl sites for hydroxylation is 2. The highest BCUT2D eigenvalue weighted by atomic mass is 32.2. The van der Waals surface area contributed by atoms with Gasteiger partial charge in [-0.25, -0.2) is 0 Å². The maximum atomic E-state index is 12.3. The normalized spacial score (nSPS) is 18.1. The molecule has 1 aliphatic carbocycles. The molecule has 1 amide bonds. The molecule has 0 saturated heterocycles. The molecule has 1 aromatic heterocycles. The molecule has 0 spiro atoms. The third-order valence-electron chi connectivity index (χ3n) is 5.34. The van der Waals surface area contributed by atoms with Crippen LogP contribution in [-0.2, 0) is 11.8 Å². The van der Waals surface area contributed by atoms with E-state index in [-0.39, 0.29) is 5.91 Å². The number of nitrogens with zero attached hydrogens (tertiary/aromatic N) is 3. The molecule has 1 aliphatic rings. The summed E-state index contributed by atoms with van der Waals surface area (Å²) in [7, 11) is 1.99. The van der Waals surface area contributed by atoms with Crippen molar-refractivity contribution in [3.8, 4) is 0 Å². The summed E-state index contributed by atoms with van der Waals surface area (Å²) in [5.41, 5.74) is 4.57. The molecule has 0 radical (unpaired) electrons. The highest BCUT2D eigenvalue weighted by Crippen LogP contribution is 2.54. The summed E-state index contributed by atoms with van der Waals surface area (Å²) in [6.45, 7) is 4.10. The van der Waals surface area contributed by atoms with Crippen molar-refractivity contribution in [3.05, 3.63) is 71.0 Å². The van der Waals surface area contributed by atoms with Crippen LogP contribution in [0.2, 0.25) is 0 Å². The van der Waals surface area contributed by atoms with Gasteiger partial charge in [0.2, 0.25) is 5.91 Å². The molecule has 0 bridgehead atoms. The van der Waals surface area contributed by atoms with Crippen molar-refractivity contribution in [1.29, 1.82) is 0 Å². The van der Waals surface area contributed by atoms with Crippen LogP contribution in [0, 0.1) is 13.8 Å². The minimum Gasteiger partial charge on any atom is -0.325 e. The molecular formula is C22H24N4OS. The van der Waals surface area contributed by atoms with Crippen LogP contribution in [0.5, 0.6) is 0 Å². The van der Waals surface area contributed by atoms with Crippen LogP contribution in [0.4, 0.5) is 5.69 Å². The molecule has 4 rings (SSSR count). The third kappa shape index (κ3) is 3.97. The molecule has 5 nitrogen and oxygen atoms in total. The van der Waals surface area contributed by atoms with E-state index in [4.69, 9.17) is 0 Å². The van der Waals surface area contributed by atoms with E-state index in [9.17, 15) is 4.79 Å². The number of rotatable bonds is 6. The first-order valence-corrected chi connectivity index (χ1v) is 10.5. The fourth-order valence-corrected chi connectivity index (χ4v) is 4.19. The van der Waals surface area contributed by atoms with Gasteiger partial charge in [0, 0.05) is 18.7 Å². The average Bonchev–Trinajstić information content (AvgIpc) is 3.40. The number of aromatic nitrogens is 3. The summed E-state index contributed by atoms with van der Waals surface area (Å²) in [6, 6.07) is 16.5. The Labute approximate surface area is 169 Å². The quantitative estimate of drug-likeness (QED) is 0.630. The number of carbonyl (C=O) groups is 1. The third-order valence-corrected chi connectivity index (χ3v) is 6.36. The lowest BCUT2D eigenvalue weighted by Gasteiger charge is -2.07. The van der Waals surface area contributed by atoms with Crippen molar-refractivity contribution in [2.45, 2.75) is 37.3 Å². The number of hydrogen-bond donors (Lipinski definition) is 1. The van der Waals surface area contributed by atoms with Gasteiger partial charge in [0.05, 0.1) is 5.75 Å². The van der Waals surface area contributed by atoms with E-state index in [2.05, 4.69) is 46.7 Å². The summed E-state index contributed by atoms with van der Waals surface area (Å²) in [5.74, 6) is 2.22. The zero-order chi connectivity index (χ0) is 19.7. The monoisotopic (exact) mass is 392 g/mol. The first-order chi connectivity index (χ1) is 13.5. The van der Waals surface area contributed by atoms with Gasteiger partial charge in [0.25, 0.3) is 0 Å². The number of carbonyl (C=O) groups excluding carboxylic acids is 1. The molecule has 2 atom stereocenters. The van der Waals surface area contributed by atoms with Crippen molar-refractivity contribution >= 4 is 23.4 Å². The Morgan fingerprint density at radius 2 is 1.89 bits per heavy atom. The van der Waals surface area contributed by atoms with Gasteiger partial charge in [-0.2, -0.15) is 0 Å². The van der Waals surface area contributed by atoms with E-state index in [1.165, 1.54) is 28.5 Å². The molecule has 1 fully saturated rings. The van der Waals surface area contributed by atoms with Gasteiger partial charge in [-0.3, -0.25) is 4.79 Å². The highest BCUT2D eigenvalue weighted by molar-refractivity contribution is 7.99. The second kappa shape index (κ2) is 7.80. The lowest BCUT2D eigenvalue weighted by Crippen LogP contribution is -2.14. The van der Waals surface area contributed by atoms with Crippen LogP contribution < -0.4 is 5.32 Å². The van der Waals surface area contributed by atoms with Crippen molar-refractivity contribution in [1.82, 2.24) is 14.8 Å². The second-order valence-electron chi connectivity index (χ2n) is 7.40. The van der Waals surface area contributed by atoms with Crippen molar-refractivity contribution < 1.29 is 4.79 Å². The first-order valence-electron chi connectivity index (χ1n) is 9.47. The number of thioether (sulfide) groups is 1. The summed E-state index contributed by atoms with van der Waals surface area (Å²) in [6.07, 6.45) is 1.11. The average molecular weight is 393 g/mol. The maximum Gasteiger partial charge on any atom is 0.234 e. The Balaban J connectivity index is 1.35. The van der Waals surface area contributed by atoms with Crippen LogP contribution in [0.25, 0.3) is 0 Å². The number of benzene rings is 2.